The summed E-state index contributed by atoms with van der Waals surface area (Å²) in [6.07, 6.45) is 1.37. The lowest BCUT2D eigenvalue weighted by molar-refractivity contribution is -0.384. The van der Waals surface area contributed by atoms with E-state index in [1.54, 1.807) is 19.1 Å². The van der Waals surface area contributed by atoms with Crippen molar-refractivity contribution in [3.63, 3.8) is 0 Å². The van der Waals surface area contributed by atoms with Gasteiger partial charge >= 0.3 is 5.97 Å². The van der Waals surface area contributed by atoms with Gasteiger partial charge in [-0.3, -0.25) is 14.9 Å². The van der Waals surface area contributed by atoms with Crippen LogP contribution in [0, 0.1) is 15.9 Å². The molecular formula is C23H18FN3O6. The smallest absolute Gasteiger partial charge is 0.343 e. The average Bonchev–Trinajstić information content (AvgIpc) is 2.81. The molecule has 0 heterocycles. The van der Waals surface area contributed by atoms with E-state index >= 15 is 0 Å². The molecule has 33 heavy (non-hydrogen) atoms. The molecule has 0 spiro atoms. The molecule has 3 aromatic carbocycles. The quantitative estimate of drug-likeness (QED) is 0.181. The van der Waals surface area contributed by atoms with Gasteiger partial charge in [0.15, 0.2) is 11.5 Å². The van der Waals surface area contributed by atoms with E-state index in [9.17, 15) is 24.1 Å². The number of esters is 1. The Kier molecular flexibility index (Phi) is 7.43. The molecule has 0 radical (unpaired) electrons. The molecule has 0 aliphatic heterocycles. The molecule has 0 fully saturated rings. The van der Waals surface area contributed by atoms with Crippen molar-refractivity contribution in [2.24, 2.45) is 5.10 Å². The van der Waals surface area contributed by atoms with E-state index in [-0.39, 0.29) is 28.3 Å². The summed E-state index contributed by atoms with van der Waals surface area (Å²) in [5, 5.41) is 14.6. The van der Waals surface area contributed by atoms with Crippen molar-refractivity contribution in [1.29, 1.82) is 0 Å². The predicted molar refractivity (Wildman–Crippen MR) is 117 cm³/mol. The van der Waals surface area contributed by atoms with Crippen molar-refractivity contribution in [3.05, 3.63) is 99.4 Å². The van der Waals surface area contributed by atoms with Crippen LogP contribution in [0.2, 0.25) is 0 Å². The van der Waals surface area contributed by atoms with Crippen LogP contribution in [0.15, 0.2) is 71.8 Å². The van der Waals surface area contributed by atoms with Gasteiger partial charge in [-0.2, -0.15) is 5.10 Å². The monoisotopic (exact) mass is 451 g/mol. The number of nitro benzene ring substituents is 1. The maximum Gasteiger partial charge on any atom is 0.343 e. The number of hydrazone groups is 1. The number of carbonyl (C=O) groups is 2. The Morgan fingerprint density at radius 1 is 1.03 bits per heavy atom. The molecule has 3 rings (SSSR count). The number of hydrogen-bond donors (Lipinski definition) is 1. The molecule has 0 saturated heterocycles. The van der Waals surface area contributed by atoms with E-state index in [0.29, 0.717) is 12.2 Å². The molecule has 1 N–H and O–H groups in total. The summed E-state index contributed by atoms with van der Waals surface area (Å²) < 4.78 is 23.8. The third kappa shape index (κ3) is 6.20. The van der Waals surface area contributed by atoms with E-state index in [0.717, 1.165) is 0 Å². The second-order valence-corrected chi connectivity index (χ2v) is 6.54. The minimum Gasteiger partial charge on any atom is -0.490 e. The van der Waals surface area contributed by atoms with E-state index in [1.165, 1.54) is 60.8 Å². The topological polar surface area (TPSA) is 120 Å². The fourth-order valence-corrected chi connectivity index (χ4v) is 2.67. The van der Waals surface area contributed by atoms with Crippen LogP contribution in [0.3, 0.4) is 0 Å². The number of ether oxygens (including phenoxy) is 2. The minimum atomic E-state index is -0.709. The summed E-state index contributed by atoms with van der Waals surface area (Å²) in [7, 11) is 0. The molecule has 1 amide bonds. The molecule has 0 aliphatic carbocycles. The largest absolute Gasteiger partial charge is 0.490 e. The van der Waals surface area contributed by atoms with Gasteiger partial charge < -0.3 is 9.47 Å². The van der Waals surface area contributed by atoms with Crippen LogP contribution >= 0.6 is 0 Å². The summed E-state index contributed by atoms with van der Waals surface area (Å²) >= 11 is 0. The van der Waals surface area contributed by atoms with Crippen molar-refractivity contribution in [2.75, 3.05) is 6.61 Å². The van der Waals surface area contributed by atoms with E-state index < -0.39 is 22.6 Å². The SMILES string of the molecule is CCOc1cc(/C=N\NC(=O)c2ccc(F)cc2)ccc1OC(=O)c1ccc([N+](=O)[O-])cc1. The third-order valence-electron chi connectivity index (χ3n) is 4.27. The lowest BCUT2D eigenvalue weighted by atomic mass is 10.2. The van der Waals surface area contributed by atoms with Gasteiger partial charge in [0.1, 0.15) is 5.82 Å². The van der Waals surface area contributed by atoms with E-state index in [4.69, 9.17) is 9.47 Å². The first-order valence-electron chi connectivity index (χ1n) is 9.70. The fraction of sp³-hybridized carbons (Fsp3) is 0.0870. The number of benzene rings is 3. The number of nitrogens with one attached hydrogen (secondary N) is 1. The molecule has 0 atom stereocenters. The van der Waals surface area contributed by atoms with Crippen molar-refractivity contribution in [3.8, 4) is 11.5 Å². The zero-order chi connectivity index (χ0) is 23.8. The summed E-state index contributed by atoms with van der Waals surface area (Å²) in [5.41, 5.74) is 3.12. The zero-order valence-electron chi connectivity index (χ0n) is 17.4. The highest BCUT2D eigenvalue weighted by molar-refractivity contribution is 5.95. The Morgan fingerprint density at radius 3 is 2.33 bits per heavy atom. The summed E-state index contributed by atoms with van der Waals surface area (Å²) in [6, 6.07) is 14.7. The first-order chi connectivity index (χ1) is 15.9. The number of halogens is 1. The van der Waals surface area contributed by atoms with Crippen LogP contribution in [0.25, 0.3) is 0 Å². The van der Waals surface area contributed by atoms with Crippen LogP contribution in [0.4, 0.5) is 10.1 Å². The van der Waals surface area contributed by atoms with Crippen molar-refractivity contribution >= 4 is 23.8 Å². The number of carbonyl (C=O) groups excluding carboxylic acids is 2. The zero-order valence-corrected chi connectivity index (χ0v) is 17.4. The summed E-state index contributed by atoms with van der Waals surface area (Å²) in [4.78, 5) is 34.6. The van der Waals surface area contributed by atoms with E-state index in [1.807, 2.05) is 0 Å². The van der Waals surface area contributed by atoms with Gasteiger partial charge in [-0.1, -0.05) is 0 Å². The molecule has 168 valence electrons. The predicted octanol–water partition coefficient (Wildman–Crippen LogP) is 4.12. The fourth-order valence-electron chi connectivity index (χ4n) is 2.67. The lowest BCUT2D eigenvalue weighted by Crippen LogP contribution is -2.17. The molecule has 10 heteroatoms. The Morgan fingerprint density at radius 2 is 1.70 bits per heavy atom. The van der Waals surface area contributed by atoms with Gasteiger partial charge in [0.2, 0.25) is 0 Å². The van der Waals surface area contributed by atoms with Crippen molar-refractivity contribution in [1.82, 2.24) is 5.43 Å². The molecule has 9 nitrogen and oxygen atoms in total. The molecule has 0 aliphatic rings. The Labute approximate surface area is 187 Å². The number of amides is 1. The molecule has 0 saturated carbocycles. The first kappa shape index (κ1) is 23.1. The molecular weight excluding hydrogens is 433 g/mol. The van der Waals surface area contributed by atoms with Crippen molar-refractivity contribution < 1.29 is 28.4 Å². The number of hydrogen-bond acceptors (Lipinski definition) is 7. The highest BCUT2D eigenvalue weighted by Gasteiger charge is 2.15. The maximum atomic E-state index is 12.9. The molecule has 0 aromatic heterocycles. The minimum absolute atomic E-state index is 0.136. The summed E-state index contributed by atoms with van der Waals surface area (Å²) in [6.45, 7) is 2.05. The van der Waals surface area contributed by atoms with Gasteiger partial charge in [0.05, 0.1) is 23.3 Å². The first-order valence-corrected chi connectivity index (χ1v) is 9.70. The average molecular weight is 451 g/mol. The van der Waals surface area contributed by atoms with E-state index in [2.05, 4.69) is 10.5 Å². The van der Waals surface area contributed by atoms with Crippen LogP contribution in [-0.4, -0.2) is 29.6 Å². The van der Waals surface area contributed by atoms with Crippen LogP contribution in [-0.2, 0) is 0 Å². The summed E-state index contributed by atoms with van der Waals surface area (Å²) in [5.74, 6) is -1.26. The highest BCUT2D eigenvalue weighted by atomic mass is 19.1. The third-order valence-corrected chi connectivity index (χ3v) is 4.27. The number of nitro groups is 1. The highest BCUT2D eigenvalue weighted by Crippen LogP contribution is 2.29. The second kappa shape index (κ2) is 10.6. The molecule has 0 unspecified atom stereocenters. The van der Waals surface area contributed by atoms with Gasteiger partial charge in [-0.15, -0.1) is 0 Å². The number of non-ortho nitro benzene ring substituents is 1. The maximum absolute atomic E-state index is 12.9. The lowest BCUT2D eigenvalue weighted by Gasteiger charge is -2.11. The van der Waals surface area contributed by atoms with Gasteiger partial charge in [0, 0.05) is 17.7 Å². The molecule has 3 aromatic rings. The van der Waals surface area contributed by atoms with Crippen LogP contribution in [0.5, 0.6) is 11.5 Å². The number of rotatable bonds is 8. The van der Waals surface area contributed by atoms with Crippen LogP contribution < -0.4 is 14.9 Å². The Bertz CT molecular complexity index is 1190. The number of nitrogens with zero attached hydrogens (tertiary/aromatic N) is 2. The van der Waals surface area contributed by atoms with Gasteiger partial charge in [-0.25, -0.2) is 14.6 Å². The van der Waals surface area contributed by atoms with Crippen LogP contribution in [0.1, 0.15) is 33.2 Å². The van der Waals surface area contributed by atoms with Gasteiger partial charge in [-0.05, 0) is 67.1 Å². The normalized spacial score (nSPS) is 10.6. The second-order valence-electron chi connectivity index (χ2n) is 6.54. The Hall–Kier alpha value is -4.60. The van der Waals surface area contributed by atoms with Crippen molar-refractivity contribution in [2.45, 2.75) is 6.92 Å². The standard InChI is InChI=1S/C23H18FN3O6/c1-2-32-21-13-15(14-25-26-22(28)16-4-8-18(24)9-5-16)3-12-20(21)33-23(29)17-6-10-19(11-7-17)27(30)31/h3-14H,2H2,1H3,(H,26,28)/b25-14-. The molecule has 0 bridgehead atoms. The Balaban J connectivity index is 1.69. The van der Waals surface area contributed by atoms with Gasteiger partial charge in [0.25, 0.3) is 11.6 Å².